The lowest BCUT2D eigenvalue weighted by Gasteiger charge is -2.22. The van der Waals surface area contributed by atoms with E-state index in [1.54, 1.807) is 0 Å². The zero-order valence-corrected chi connectivity index (χ0v) is 11.3. The summed E-state index contributed by atoms with van der Waals surface area (Å²) >= 11 is 0. The molecule has 1 aliphatic rings. The van der Waals surface area contributed by atoms with Crippen LogP contribution in [0.2, 0.25) is 0 Å². The van der Waals surface area contributed by atoms with Gasteiger partial charge in [-0.05, 0) is 62.9 Å². The van der Waals surface area contributed by atoms with Crippen molar-refractivity contribution < 1.29 is 0 Å². The summed E-state index contributed by atoms with van der Waals surface area (Å²) in [6, 6.07) is 7.52. The van der Waals surface area contributed by atoms with Gasteiger partial charge in [-0.25, -0.2) is 0 Å². The Balaban J connectivity index is 1.91. The maximum Gasteiger partial charge on any atom is 0.0368 e. The van der Waals surface area contributed by atoms with Crippen molar-refractivity contribution in [3.8, 4) is 0 Å². The molecule has 2 heteroatoms. The second-order valence-corrected chi connectivity index (χ2v) is 5.35. The van der Waals surface area contributed by atoms with E-state index < -0.39 is 0 Å². The molecular formula is C15H24N2. The van der Waals surface area contributed by atoms with E-state index in [1.165, 1.54) is 42.6 Å². The van der Waals surface area contributed by atoms with Gasteiger partial charge in [-0.3, -0.25) is 0 Å². The lowest BCUT2D eigenvalue weighted by Crippen LogP contribution is -2.28. The van der Waals surface area contributed by atoms with Gasteiger partial charge in [0.15, 0.2) is 0 Å². The summed E-state index contributed by atoms with van der Waals surface area (Å²) in [4.78, 5) is 2.38. The van der Waals surface area contributed by atoms with Crippen LogP contribution in [0.15, 0.2) is 18.2 Å². The van der Waals surface area contributed by atoms with Crippen molar-refractivity contribution in [2.75, 3.05) is 25.0 Å². The van der Waals surface area contributed by atoms with Crippen molar-refractivity contribution in [1.82, 2.24) is 5.32 Å². The van der Waals surface area contributed by atoms with Crippen LogP contribution in [-0.4, -0.2) is 26.2 Å². The van der Waals surface area contributed by atoms with Crippen molar-refractivity contribution in [3.05, 3.63) is 29.3 Å². The molecule has 1 saturated heterocycles. The largest absolute Gasteiger partial charge is 0.375 e. The molecule has 1 aromatic rings. The third-order valence-electron chi connectivity index (χ3n) is 3.62. The molecule has 0 aliphatic carbocycles. The van der Waals surface area contributed by atoms with Gasteiger partial charge >= 0.3 is 0 Å². The van der Waals surface area contributed by atoms with E-state index in [1.807, 2.05) is 0 Å². The molecule has 1 fully saturated rings. The normalized spacial score (nSPS) is 19.6. The van der Waals surface area contributed by atoms with Crippen LogP contribution in [0, 0.1) is 13.8 Å². The zero-order valence-electron chi connectivity index (χ0n) is 11.3. The summed E-state index contributed by atoms with van der Waals surface area (Å²) in [7, 11) is 2.20. The molecule has 1 heterocycles. The van der Waals surface area contributed by atoms with Crippen molar-refractivity contribution in [3.63, 3.8) is 0 Å². The highest BCUT2D eigenvalue weighted by Gasteiger charge is 2.14. The third kappa shape index (κ3) is 3.47. The average Bonchev–Trinajstić information content (AvgIpc) is 2.77. The molecular weight excluding hydrogens is 208 g/mol. The fourth-order valence-electron chi connectivity index (χ4n) is 2.65. The topological polar surface area (TPSA) is 15.3 Å². The fourth-order valence-corrected chi connectivity index (χ4v) is 2.65. The van der Waals surface area contributed by atoms with Crippen LogP contribution in [0.3, 0.4) is 0 Å². The minimum Gasteiger partial charge on any atom is -0.375 e. The summed E-state index contributed by atoms with van der Waals surface area (Å²) in [6.45, 7) is 6.68. The van der Waals surface area contributed by atoms with Gasteiger partial charge in [-0.2, -0.15) is 0 Å². The van der Waals surface area contributed by atoms with Crippen LogP contribution in [0.25, 0.3) is 0 Å². The Kier molecular flexibility index (Phi) is 4.06. The first-order valence-electron chi connectivity index (χ1n) is 6.68. The summed E-state index contributed by atoms with van der Waals surface area (Å²) in [5.74, 6) is 0. The Bertz CT molecular complexity index is 347. The molecule has 0 aromatic heterocycles. The summed E-state index contributed by atoms with van der Waals surface area (Å²) < 4.78 is 0. The Morgan fingerprint density at radius 2 is 1.94 bits per heavy atom. The number of anilines is 1. The van der Waals surface area contributed by atoms with E-state index in [4.69, 9.17) is 0 Å². The van der Waals surface area contributed by atoms with Gasteiger partial charge in [-0.15, -0.1) is 0 Å². The monoisotopic (exact) mass is 232 g/mol. The standard InChI is InChI=1S/C15H24N2/c1-12-9-13(2)11-15(10-12)17(3)8-6-14-5-4-7-16-14/h9-11,14,16H,4-8H2,1-3H3. The first kappa shape index (κ1) is 12.4. The van der Waals surface area contributed by atoms with Gasteiger partial charge in [0.25, 0.3) is 0 Å². The minimum absolute atomic E-state index is 0.739. The summed E-state index contributed by atoms with van der Waals surface area (Å²) in [6.07, 6.45) is 3.95. The molecule has 0 spiro atoms. The van der Waals surface area contributed by atoms with E-state index in [9.17, 15) is 0 Å². The molecule has 17 heavy (non-hydrogen) atoms. The maximum atomic E-state index is 3.56. The number of nitrogens with one attached hydrogen (secondary N) is 1. The van der Waals surface area contributed by atoms with Crippen molar-refractivity contribution in [2.24, 2.45) is 0 Å². The number of hydrogen-bond acceptors (Lipinski definition) is 2. The number of benzene rings is 1. The van der Waals surface area contributed by atoms with Crippen molar-refractivity contribution in [1.29, 1.82) is 0 Å². The lowest BCUT2D eigenvalue weighted by molar-refractivity contribution is 0.559. The molecule has 0 amide bonds. The second kappa shape index (κ2) is 5.54. The molecule has 1 N–H and O–H groups in total. The van der Waals surface area contributed by atoms with E-state index in [2.05, 4.69) is 49.3 Å². The fraction of sp³-hybridized carbons (Fsp3) is 0.600. The highest BCUT2D eigenvalue weighted by Crippen LogP contribution is 2.18. The predicted octanol–water partition coefficient (Wildman–Crippen LogP) is 2.88. The van der Waals surface area contributed by atoms with Gasteiger partial charge in [0.1, 0.15) is 0 Å². The van der Waals surface area contributed by atoms with Gasteiger partial charge in [-0.1, -0.05) is 6.07 Å². The minimum atomic E-state index is 0.739. The number of nitrogens with zero attached hydrogens (tertiary/aromatic N) is 1. The highest BCUT2D eigenvalue weighted by molar-refractivity contribution is 5.50. The molecule has 2 rings (SSSR count). The van der Waals surface area contributed by atoms with Gasteiger partial charge in [0, 0.05) is 25.3 Å². The van der Waals surface area contributed by atoms with E-state index in [0.717, 1.165) is 12.6 Å². The van der Waals surface area contributed by atoms with Crippen molar-refractivity contribution >= 4 is 5.69 Å². The first-order chi connectivity index (χ1) is 8.15. The van der Waals surface area contributed by atoms with Gasteiger partial charge in [0.05, 0.1) is 0 Å². The summed E-state index contributed by atoms with van der Waals surface area (Å²) in [5.41, 5.74) is 4.05. The number of aryl methyl sites for hydroxylation is 2. The third-order valence-corrected chi connectivity index (χ3v) is 3.62. The predicted molar refractivity (Wildman–Crippen MR) is 74.8 cm³/mol. The molecule has 2 nitrogen and oxygen atoms in total. The van der Waals surface area contributed by atoms with Crippen LogP contribution in [0.5, 0.6) is 0 Å². The SMILES string of the molecule is Cc1cc(C)cc(N(C)CCC2CCCN2)c1. The summed E-state index contributed by atoms with van der Waals surface area (Å²) in [5, 5.41) is 3.56. The lowest BCUT2D eigenvalue weighted by atomic mass is 10.1. The number of rotatable bonds is 4. The molecule has 1 aliphatic heterocycles. The van der Waals surface area contributed by atoms with Gasteiger partial charge in [0.2, 0.25) is 0 Å². The second-order valence-electron chi connectivity index (χ2n) is 5.35. The maximum absolute atomic E-state index is 3.56. The zero-order chi connectivity index (χ0) is 12.3. The van der Waals surface area contributed by atoms with Crippen LogP contribution in [-0.2, 0) is 0 Å². The molecule has 1 aromatic carbocycles. The Morgan fingerprint density at radius 1 is 1.24 bits per heavy atom. The number of hydrogen-bond donors (Lipinski definition) is 1. The van der Waals surface area contributed by atoms with Crippen molar-refractivity contribution in [2.45, 2.75) is 39.2 Å². The Morgan fingerprint density at radius 3 is 2.53 bits per heavy atom. The van der Waals surface area contributed by atoms with Crippen LogP contribution >= 0.6 is 0 Å². The average molecular weight is 232 g/mol. The molecule has 0 saturated carbocycles. The van der Waals surface area contributed by atoms with Crippen LogP contribution < -0.4 is 10.2 Å². The molecule has 0 bridgehead atoms. The Labute approximate surface area is 105 Å². The quantitative estimate of drug-likeness (QED) is 0.858. The molecule has 1 atom stereocenters. The smallest absolute Gasteiger partial charge is 0.0368 e. The molecule has 0 radical (unpaired) electrons. The van der Waals surface area contributed by atoms with E-state index in [0.29, 0.717) is 0 Å². The van der Waals surface area contributed by atoms with Crippen LogP contribution in [0.1, 0.15) is 30.4 Å². The van der Waals surface area contributed by atoms with E-state index in [-0.39, 0.29) is 0 Å². The van der Waals surface area contributed by atoms with E-state index >= 15 is 0 Å². The van der Waals surface area contributed by atoms with Gasteiger partial charge < -0.3 is 10.2 Å². The van der Waals surface area contributed by atoms with Crippen LogP contribution in [0.4, 0.5) is 5.69 Å². The molecule has 1 unspecified atom stereocenters. The Hall–Kier alpha value is -1.02. The highest BCUT2D eigenvalue weighted by atomic mass is 15.1. The molecule has 94 valence electrons. The first-order valence-corrected chi connectivity index (χ1v) is 6.68.